The van der Waals surface area contributed by atoms with Gasteiger partial charge in [-0.25, -0.2) is 19.2 Å². The van der Waals surface area contributed by atoms with E-state index in [4.69, 9.17) is 16.3 Å². The van der Waals surface area contributed by atoms with E-state index in [1.165, 1.54) is 12.1 Å². The molecule has 0 radical (unpaired) electrons. The molecule has 7 nitrogen and oxygen atoms in total. The van der Waals surface area contributed by atoms with Crippen molar-refractivity contribution in [1.82, 2.24) is 19.9 Å². The number of aromatic amines is 1. The average molecular weight is 536 g/mol. The van der Waals surface area contributed by atoms with Crippen LogP contribution in [0.3, 0.4) is 0 Å². The Morgan fingerprint density at radius 1 is 1.16 bits per heavy atom. The number of fused-ring (bicyclic) bond motifs is 1. The number of amides is 1. The fourth-order valence-corrected chi connectivity index (χ4v) is 4.99. The Balaban J connectivity index is 1.34. The number of ether oxygens (including phenoxy) is 1. The Hall–Kier alpha value is -3.65. The van der Waals surface area contributed by atoms with E-state index in [2.05, 4.69) is 26.3 Å². The van der Waals surface area contributed by atoms with Gasteiger partial charge in [-0.05, 0) is 75.1 Å². The maximum absolute atomic E-state index is 13.5. The van der Waals surface area contributed by atoms with Crippen LogP contribution in [0.4, 0.5) is 15.0 Å². The molecule has 2 N–H and O–H groups in total. The number of H-pyrrole nitrogens is 1. The lowest BCUT2D eigenvalue weighted by atomic mass is 9.93. The molecule has 0 unspecified atom stereocenters. The van der Waals surface area contributed by atoms with Crippen molar-refractivity contribution < 1.29 is 13.9 Å². The highest BCUT2D eigenvalue weighted by Crippen LogP contribution is 2.37. The molecule has 0 bridgehead atoms. The number of anilines is 1. The van der Waals surface area contributed by atoms with Gasteiger partial charge in [-0.15, -0.1) is 0 Å². The average Bonchev–Trinajstić information content (AvgIpc) is 3.32. The second-order valence-electron chi connectivity index (χ2n) is 10.6. The number of aromatic nitrogens is 3. The van der Waals surface area contributed by atoms with E-state index in [1.807, 2.05) is 39.0 Å². The number of nitrogens with one attached hydrogen (secondary N) is 2. The molecule has 1 amide bonds. The van der Waals surface area contributed by atoms with E-state index in [9.17, 15) is 9.18 Å². The van der Waals surface area contributed by atoms with E-state index in [0.29, 0.717) is 30.5 Å². The Labute approximate surface area is 226 Å². The number of nitrogens with zero attached hydrogens (tertiary/aromatic N) is 3. The highest BCUT2D eigenvalue weighted by atomic mass is 35.5. The molecular formula is C29H31ClFN5O2. The van der Waals surface area contributed by atoms with Gasteiger partial charge in [-0.2, -0.15) is 0 Å². The van der Waals surface area contributed by atoms with Crippen LogP contribution in [0.5, 0.6) is 0 Å². The third kappa shape index (κ3) is 5.91. The molecule has 4 aromatic rings. The summed E-state index contributed by atoms with van der Waals surface area (Å²) in [5.74, 6) is 0.656. The van der Waals surface area contributed by atoms with Crippen molar-refractivity contribution in [2.24, 2.45) is 0 Å². The second-order valence-corrected chi connectivity index (χ2v) is 11.0. The van der Waals surface area contributed by atoms with Crippen LogP contribution >= 0.6 is 11.6 Å². The number of hydrogen-bond donors (Lipinski definition) is 2. The Morgan fingerprint density at radius 2 is 1.95 bits per heavy atom. The van der Waals surface area contributed by atoms with Gasteiger partial charge in [-0.1, -0.05) is 23.7 Å². The quantitative estimate of drug-likeness (QED) is 0.283. The lowest BCUT2D eigenvalue weighted by Gasteiger charge is -2.33. The zero-order valence-electron chi connectivity index (χ0n) is 21.7. The molecule has 1 saturated heterocycles. The molecule has 1 fully saturated rings. The van der Waals surface area contributed by atoms with Crippen LogP contribution in [0, 0.1) is 5.82 Å². The van der Waals surface area contributed by atoms with Gasteiger partial charge in [0.1, 0.15) is 22.9 Å². The van der Waals surface area contributed by atoms with Gasteiger partial charge < -0.3 is 19.9 Å². The summed E-state index contributed by atoms with van der Waals surface area (Å²) in [7, 11) is 0. The summed E-state index contributed by atoms with van der Waals surface area (Å²) in [6.45, 7) is 7.37. The number of halogens is 2. The van der Waals surface area contributed by atoms with E-state index in [-0.39, 0.29) is 17.8 Å². The van der Waals surface area contributed by atoms with Gasteiger partial charge in [0.2, 0.25) is 0 Å². The molecule has 38 heavy (non-hydrogen) atoms. The summed E-state index contributed by atoms with van der Waals surface area (Å²) in [4.78, 5) is 26.7. The zero-order chi connectivity index (χ0) is 26.9. The van der Waals surface area contributed by atoms with Crippen molar-refractivity contribution in [1.29, 1.82) is 0 Å². The van der Waals surface area contributed by atoms with Gasteiger partial charge >= 0.3 is 6.09 Å². The van der Waals surface area contributed by atoms with E-state index in [0.717, 1.165) is 46.3 Å². The number of hydrogen-bond acceptors (Lipinski definition) is 5. The van der Waals surface area contributed by atoms with Crippen molar-refractivity contribution in [3.63, 3.8) is 0 Å². The Kier molecular flexibility index (Phi) is 7.25. The van der Waals surface area contributed by atoms with Crippen LogP contribution in [0.2, 0.25) is 5.02 Å². The molecule has 1 aliphatic rings. The predicted molar refractivity (Wildman–Crippen MR) is 148 cm³/mol. The number of benzene rings is 1. The molecule has 0 atom stereocenters. The molecule has 5 rings (SSSR count). The third-order valence-electron chi connectivity index (χ3n) is 6.65. The summed E-state index contributed by atoms with van der Waals surface area (Å²) < 4.78 is 19.1. The molecule has 1 aliphatic heterocycles. The standard InChI is InChI=1S/C29H31ClFN5O2/c1-29(2,3)38-28(37)36-11-8-19(9-12-36)25-14-23-21(7-10-32-27(23)35-25)22-15-26(34-17-24(22)30)33-16-18-5-4-6-20(31)13-18/h4-7,10,13-15,17,19H,8-9,11-12,16H2,1-3H3,(H,32,35)(H,33,34). The molecule has 0 spiro atoms. The maximum Gasteiger partial charge on any atom is 0.410 e. The number of rotatable bonds is 5. The van der Waals surface area contributed by atoms with Crippen molar-refractivity contribution >= 4 is 34.5 Å². The van der Waals surface area contributed by atoms with E-state index >= 15 is 0 Å². The largest absolute Gasteiger partial charge is 0.444 e. The first-order valence-electron chi connectivity index (χ1n) is 12.8. The van der Waals surface area contributed by atoms with E-state index in [1.54, 1.807) is 23.4 Å². The Morgan fingerprint density at radius 3 is 2.68 bits per heavy atom. The van der Waals surface area contributed by atoms with Gasteiger partial charge in [0, 0.05) is 54.6 Å². The van der Waals surface area contributed by atoms with Crippen LogP contribution in [-0.2, 0) is 11.3 Å². The van der Waals surface area contributed by atoms with Crippen LogP contribution in [0.15, 0.2) is 54.9 Å². The number of likely N-dealkylation sites (tertiary alicyclic amines) is 1. The lowest BCUT2D eigenvalue weighted by Crippen LogP contribution is -2.41. The van der Waals surface area contributed by atoms with Gasteiger partial charge in [0.05, 0.1) is 5.02 Å². The first-order chi connectivity index (χ1) is 18.2. The summed E-state index contributed by atoms with van der Waals surface area (Å²) >= 11 is 6.60. The summed E-state index contributed by atoms with van der Waals surface area (Å²) in [6, 6.07) is 12.5. The van der Waals surface area contributed by atoms with Crippen LogP contribution in [0.25, 0.3) is 22.2 Å². The van der Waals surface area contributed by atoms with Crippen LogP contribution in [0.1, 0.15) is 50.8 Å². The molecule has 1 aromatic carbocycles. The predicted octanol–water partition coefficient (Wildman–Crippen LogP) is 7.14. The van der Waals surface area contributed by atoms with Gasteiger partial charge in [-0.3, -0.25) is 0 Å². The minimum atomic E-state index is -0.504. The summed E-state index contributed by atoms with van der Waals surface area (Å²) in [6.07, 6.45) is 4.80. The zero-order valence-corrected chi connectivity index (χ0v) is 22.5. The normalized spacial score (nSPS) is 14.6. The summed E-state index contributed by atoms with van der Waals surface area (Å²) in [5, 5.41) is 4.76. The molecule has 9 heteroatoms. The Bertz CT molecular complexity index is 1460. The first-order valence-corrected chi connectivity index (χ1v) is 13.1. The maximum atomic E-state index is 13.5. The fraction of sp³-hybridized carbons (Fsp3) is 0.345. The molecule has 3 aromatic heterocycles. The minimum absolute atomic E-state index is 0.259. The molecule has 198 valence electrons. The van der Waals surface area contributed by atoms with Crippen molar-refractivity contribution in [3.8, 4) is 11.1 Å². The highest BCUT2D eigenvalue weighted by Gasteiger charge is 2.28. The third-order valence-corrected chi connectivity index (χ3v) is 6.95. The highest BCUT2D eigenvalue weighted by molar-refractivity contribution is 6.33. The number of carbonyl (C=O) groups is 1. The molecule has 0 aliphatic carbocycles. The molecule has 4 heterocycles. The minimum Gasteiger partial charge on any atom is -0.444 e. The summed E-state index contributed by atoms with van der Waals surface area (Å²) in [5.41, 5.74) is 3.98. The fourth-order valence-electron chi connectivity index (χ4n) is 4.78. The molecular weight excluding hydrogens is 505 g/mol. The first kappa shape index (κ1) is 26.0. The SMILES string of the molecule is CC(C)(C)OC(=O)N1CCC(c2cc3c(-c4cc(NCc5cccc(F)c5)ncc4Cl)ccnc3[nH]2)CC1. The van der Waals surface area contributed by atoms with Crippen molar-refractivity contribution in [2.45, 2.75) is 51.7 Å². The molecule has 0 saturated carbocycles. The van der Waals surface area contributed by atoms with Gasteiger partial charge in [0.25, 0.3) is 0 Å². The van der Waals surface area contributed by atoms with Crippen molar-refractivity contribution in [2.75, 3.05) is 18.4 Å². The lowest BCUT2D eigenvalue weighted by molar-refractivity contribution is 0.0204. The van der Waals surface area contributed by atoms with Crippen LogP contribution < -0.4 is 5.32 Å². The second kappa shape index (κ2) is 10.6. The topological polar surface area (TPSA) is 83.1 Å². The smallest absolute Gasteiger partial charge is 0.410 e. The number of piperidine rings is 1. The van der Waals surface area contributed by atoms with Crippen molar-refractivity contribution in [3.05, 3.63) is 77.0 Å². The monoisotopic (exact) mass is 535 g/mol. The van der Waals surface area contributed by atoms with Gasteiger partial charge in [0.15, 0.2) is 0 Å². The van der Waals surface area contributed by atoms with E-state index < -0.39 is 5.60 Å². The number of carbonyl (C=O) groups excluding carboxylic acids is 1. The van der Waals surface area contributed by atoms with Crippen LogP contribution in [-0.4, -0.2) is 44.6 Å². The number of pyridine rings is 2.